The molecule has 0 unspecified atom stereocenters. The molecule has 0 radical (unpaired) electrons. The minimum Gasteiger partial charge on any atom is -0.387 e. The minimum absolute atomic E-state index is 0.324. The molecule has 2 heterocycles. The van der Waals surface area contributed by atoms with E-state index in [9.17, 15) is 5.11 Å². The average molecular weight is 221 g/mol. The molecule has 0 amide bonds. The van der Waals surface area contributed by atoms with Gasteiger partial charge in [-0.25, -0.2) is 4.98 Å². The molecule has 1 aromatic rings. The summed E-state index contributed by atoms with van der Waals surface area (Å²) in [6.07, 6.45) is 9.28. The summed E-state index contributed by atoms with van der Waals surface area (Å²) in [5.74, 6) is 0.609. The van der Waals surface area contributed by atoms with E-state index in [1.54, 1.807) is 0 Å². The molecule has 1 aromatic heterocycles. The van der Waals surface area contributed by atoms with Crippen molar-refractivity contribution in [3.05, 3.63) is 18.7 Å². The molecule has 1 aliphatic carbocycles. The summed E-state index contributed by atoms with van der Waals surface area (Å²) in [4.78, 5) is 6.37. The number of likely N-dealkylation sites (tertiary alicyclic amines) is 1. The summed E-state index contributed by atoms with van der Waals surface area (Å²) in [5, 5.41) is 10.1. The van der Waals surface area contributed by atoms with Crippen molar-refractivity contribution >= 4 is 0 Å². The topological polar surface area (TPSA) is 41.3 Å². The summed E-state index contributed by atoms with van der Waals surface area (Å²) in [6, 6.07) is 0. The lowest BCUT2D eigenvalue weighted by molar-refractivity contribution is -0.113. The zero-order chi connectivity index (χ0) is 11.0. The molecule has 0 spiro atoms. The fourth-order valence-corrected chi connectivity index (χ4v) is 2.66. The highest BCUT2D eigenvalue weighted by atomic mass is 16.3. The highest BCUT2D eigenvalue weighted by molar-refractivity contribution is 5.05. The van der Waals surface area contributed by atoms with E-state index >= 15 is 0 Å². The third-order valence-corrected chi connectivity index (χ3v) is 3.78. The van der Waals surface area contributed by atoms with Gasteiger partial charge in [0.1, 0.15) is 0 Å². The van der Waals surface area contributed by atoms with Crippen molar-refractivity contribution in [1.82, 2.24) is 14.5 Å². The van der Waals surface area contributed by atoms with Gasteiger partial charge in [0.2, 0.25) is 0 Å². The van der Waals surface area contributed by atoms with E-state index < -0.39 is 0 Å². The van der Waals surface area contributed by atoms with Gasteiger partial charge in [0.15, 0.2) is 0 Å². The Morgan fingerprint density at radius 1 is 1.31 bits per heavy atom. The molecular formula is C12H19N3O. The first-order chi connectivity index (χ1) is 7.76. The molecule has 0 aromatic carbocycles. The molecule has 4 heteroatoms. The lowest BCUT2D eigenvalue weighted by Crippen LogP contribution is -2.63. The van der Waals surface area contributed by atoms with Gasteiger partial charge in [-0.2, -0.15) is 0 Å². The fourth-order valence-electron chi connectivity index (χ4n) is 2.66. The molecule has 4 nitrogen and oxygen atoms in total. The third-order valence-electron chi connectivity index (χ3n) is 3.78. The Bertz CT molecular complexity index is 339. The van der Waals surface area contributed by atoms with Crippen LogP contribution in [-0.4, -0.2) is 44.8 Å². The zero-order valence-electron chi connectivity index (χ0n) is 9.55. The average Bonchev–Trinajstić information content (AvgIpc) is 2.95. The summed E-state index contributed by atoms with van der Waals surface area (Å²) in [5.41, 5.74) is -0.324. The van der Waals surface area contributed by atoms with Crippen LogP contribution in [-0.2, 0) is 6.54 Å². The number of rotatable bonds is 5. The normalized spacial score (nSPS) is 24.3. The van der Waals surface area contributed by atoms with Crippen LogP contribution in [0.1, 0.15) is 19.3 Å². The van der Waals surface area contributed by atoms with Crippen molar-refractivity contribution in [2.45, 2.75) is 31.4 Å². The number of aliphatic hydroxyl groups is 1. The Labute approximate surface area is 95.9 Å². The van der Waals surface area contributed by atoms with Gasteiger partial charge in [0.05, 0.1) is 11.9 Å². The Kier molecular flexibility index (Phi) is 2.48. The van der Waals surface area contributed by atoms with E-state index in [1.807, 2.05) is 18.7 Å². The molecule has 2 fully saturated rings. The van der Waals surface area contributed by atoms with E-state index in [-0.39, 0.29) is 5.60 Å². The largest absolute Gasteiger partial charge is 0.387 e. The first kappa shape index (κ1) is 10.3. The molecular weight excluding hydrogens is 202 g/mol. The van der Waals surface area contributed by atoms with Crippen molar-refractivity contribution in [1.29, 1.82) is 0 Å². The summed E-state index contributed by atoms with van der Waals surface area (Å²) in [6.45, 7) is 3.90. The monoisotopic (exact) mass is 221 g/mol. The van der Waals surface area contributed by atoms with Crippen molar-refractivity contribution in [2.75, 3.05) is 19.6 Å². The minimum atomic E-state index is -0.324. The number of β-amino-alcohol motifs (C(OH)–C–C–N with tert-alkyl or cyclic N) is 1. The smallest absolute Gasteiger partial charge is 0.0945 e. The molecule has 0 bridgehead atoms. The lowest BCUT2D eigenvalue weighted by Gasteiger charge is -2.47. The molecule has 0 atom stereocenters. The van der Waals surface area contributed by atoms with Crippen LogP contribution in [0.4, 0.5) is 0 Å². The Morgan fingerprint density at radius 2 is 2.12 bits per heavy atom. The van der Waals surface area contributed by atoms with Crippen LogP contribution in [0.3, 0.4) is 0 Å². The second kappa shape index (κ2) is 3.86. The standard InChI is InChI=1S/C12H19N3O/c16-12(11-2-3-11)8-15(9-12)6-1-5-14-7-4-13-10-14/h4,7,10-11,16H,1-3,5-6,8-9H2. The van der Waals surface area contributed by atoms with Gasteiger partial charge >= 0.3 is 0 Å². The second-order valence-corrected chi connectivity index (χ2v) is 5.24. The van der Waals surface area contributed by atoms with Gasteiger partial charge < -0.3 is 9.67 Å². The Morgan fingerprint density at radius 3 is 2.75 bits per heavy atom. The molecule has 1 saturated carbocycles. The Balaban J connectivity index is 1.35. The van der Waals surface area contributed by atoms with E-state index in [2.05, 4.69) is 14.5 Å². The second-order valence-electron chi connectivity index (χ2n) is 5.24. The molecule has 2 aliphatic rings. The van der Waals surface area contributed by atoms with Crippen LogP contribution in [0.15, 0.2) is 18.7 Å². The van der Waals surface area contributed by atoms with Gasteiger partial charge in [-0.1, -0.05) is 0 Å². The highest BCUT2D eigenvalue weighted by Gasteiger charge is 2.51. The first-order valence-corrected chi connectivity index (χ1v) is 6.17. The van der Waals surface area contributed by atoms with Crippen LogP contribution in [0.2, 0.25) is 0 Å². The van der Waals surface area contributed by atoms with Crippen molar-refractivity contribution in [3.63, 3.8) is 0 Å². The van der Waals surface area contributed by atoms with Crippen LogP contribution in [0.25, 0.3) is 0 Å². The summed E-state index contributed by atoms with van der Waals surface area (Å²) >= 11 is 0. The van der Waals surface area contributed by atoms with Gasteiger partial charge in [-0.15, -0.1) is 0 Å². The predicted octanol–water partition coefficient (Wildman–Crippen LogP) is 0.730. The van der Waals surface area contributed by atoms with Crippen molar-refractivity contribution in [3.8, 4) is 0 Å². The molecule has 1 aliphatic heterocycles. The predicted molar refractivity (Wildman–Crippen MR) is 61.0 cm³/mol. The van der Waals surface area contributed by atoms with Gasteiger partial charge in [-0.3, -0.25) is 4.90 Å². The highest BCUT2D eigenvalue weighted by Crippen LogP contribution is 2.44. The molecule has 1 N–H and O–H groups in total. The maximum atomic E-state index is 10.1. The van der Waals surface area contributed by atoms with Crippen LogP contribution >= 0.6 is 0 Å². The zero-order valence-corrected chi connectivity index (χ0v) is 9.55. The maximum Gasteiger partial charge on any atom is 0.0945 e. The Hall–Kier alpha value is -0.870. The first-order valence-electron chi connectivity index (χ1n) is 6.17. The molecule has 16 heavy (non-hydrogen) atoms. The number of aromatic nitrogens is 2. The van der Waals surface area contributed by atoms with E-state index in [4.69, 9.17) is 0 Å². The van der Waals surface area contributed by atoms with Crippen LogP contribution in [0, 0.1) is 5.92 Å². The van der Waals surface area contributed by atoms with Gasteiger partial charge in [-0.05, 0) is 25.2 Å². The quantitative estimate of drug-likeness (QED) is 0.797. The maximum absolute atomic E-state index is 10.1. The van der Waals surface area contributed by atoms with E-state index in [0.717, 1.165) is 32.6 Å². The van der Waals surface area contributed by atoms with E-state index in [0.29, 0.717) is 5.92 Å². The van der Waals surface area contributed by atoms with Gasteiger partial charge in [0, 0.05) is 38.6 Å². The van der Waals surface area contributed by atoms with E-state index in [1.165, 1.54) is 12.8 Å². The number of nitrogens with zero attached hydrogens (tertiary/aromatic N) is 3. The fraction of sp³-hybridized carbons (Fsp3) is 0.750. The van der Waals surface area contributed by atoms with Gasteiger partial charge in [0.25, 0.3) is 0 Å². The van der Waals surface area contributed by atoms with Crippen molar-refractivity contribution in [2.24, 2.45) is 5.92 Å². The third kappa shape index (κ3) is 1.99. The number of imidazole rings is 1. The van der Waals surface area contributed by atoms with Crippen LogP contribution < -0.4 is 0 Å². The SMILES string of the molecule is OC1(C2CC2)CN(CCCn2ccnc2)C1. The van der Waals surface area contributed by atoms with Crippen LogP contribution in [0.5, 0.6) is 0 Å². The number of hydrogen-bond acceptors (Lipinski definition) is 3. The molecule has 88 valence electrons. The summed E-state index contributed by atoms with van der Waals surface area (Å²) < 4.78 is 2.10. The summed E-state index contributed by atoms with van der Waals surface area (Å²) in [7, 11) is 0. The number of hydrogen-bond donors (Lipinski definition) is 1. The molecule has 3 rings (SSSR count). The van der Waals surface area contributed by atoms with Crippen molar-refractivity contribution < 1.29 is 5.11 Å². The number of aryl methyl sites for hydroxylation is 1. The lowest BCUT2D eigenvalue weighted by atomic mass is 9.89. The molecule has 1 saturated heterocycles.